The molecule has 0 amide bonds. The Morgan fingerprint density at radius 1 is 1.67 bits per heavy atom. The van der Waals surface area contributed by atoms with Crippen molar-refractivity contribution in [2.45, 2.75) is 0 Å². The van der Waals surface area contributed by atoms with Gasteiger partial charge < -0.3 is 0 Å². The van der Waals surface area contributed by atoms with Crippen LogP contribution in [0.15, 0.2) is 10.9 Å². The monoisotopic (exact) mass is 318 g/mol. The first-order valence-corrected chi connectivity index (χ1v) is 4.28. The maximum absolute atomic E-state index is 5.63. The number of nitrogens with zero attached hydrogens (tertiary/aromatic N) is 2. The van der Waals surface area contributed by atoms with Gasteiger partial charge in [0.1, 0.15) is 5.15 Å². The largest absolute Gasteiger partial charge is 0.230 e. The van der Waals surface area contributed by atoms with E-state index in [9.17, 15) is 0 Å². The highest BCUT2D eigenvalue weighted by molar-refractivity contribution is 14.1. The van der Waals surface area contributed by atoms with Crippen LogP contribution in [0.1, 0.15) is 0 Å². The highest BCUT2D eigenvalue weighted by Gasteiger charge is 1.97. The Morgan fingerprint density at radius 3 is 2.78 bits per heavy atom. The third-order valence-electron chi connectivity index (χ3n) is 0.672. The Bertz CT molecular complexity index is 230. The molecule has 0 aliphatic rings. The van der Waals surface area contributed by atoms with E-state index in [1.54, 1.807) is 6.20 Å². The van der Waals surface area contributed by atoms with Crippen LogP contribution in [0, 0.1) is 3.57 Å². The number of halogens is 3. The van der Waals surface area contributed by atoms with Gasteiger partial charge >= 0.3 is 0 Å². The standard InChI is InChI=1S/C4HBrClIN2/c5-4-8-1-2(7)3(6)9-4/h1H. The molecule has 0 radical (unpaired) electrons. The Balaban J connectivity index is 3.17. The van der Waals surface area contributed by atoms with Gasteiger partial charge in [0.25, 0.3) is 0 Å². The number of aromatic nitrogens is 2. The normalized spacial score (nSPS) is 9.67. The Labute approximate surface area is 79.3 Å². The lowest BCUT2D eigenvalue weighted by Crippen LogP contribution is -1.84. The Morgan fingerprint density at radius 2 is 2.33 bits per heavy atom. The lowest BCUT2D eigenvalue weighted by Gasteiger charge is -1.91. The fourth-order valence-electron chi connectivity index (χ4n) is 0.326. The quantitative estimate of drug-likeness (QED) is 0.417. The highest BCUT2D eigenvalue weighted by Crippen LogP contribution is 2.15. The average molecular weight is 319 g/mol. The Hall–Kier alpha value is 0.580. The van der Waals surface area contributed by atoms with Crippen molar-refractivity contribution in [1.82, 2.24) is 9.97 Å². The van der Waals surface area contributed by atoms with Crippen LogP contribution in [0.2, 0.25) is 5.15 Å². The molecule has 1 heterocycles. The minimum Gasteiger partial charge on any atom is -0.230 e. The first kappa shape index (κ1) is 7.68. The van der Waals surface area contributed by atoms with Gasteiger partial charge in [-0.3, -0.25) is 0 Å². The minimum absolute atomic E-state index is 0.484. The van der Waals surface area contributed by atoms with E-state index in [-0.39, 0.29) is 0 Å². The van der Waals surface area contributed by atoms with Gasteiger partial charge in [-0.05, 0) is 38.5 Å². The summed E-state index contributed by atoms with van der Waals surface area (Å²) in [6.07, 6.45) is 1.65. The molecule has 1 aromatic rings. The second-order valence-electron chi connectivity index (χ2n) is 1.28. The highest BCUT2D eigenvalue weighted by atomic mass is 127. The molecule has 0 unspecified atom stereocenters. The summed E-state index contributed by atoms with van der Waals surface area (Å²) in [7, 11) is 0. The summed E-state index contributed by atoms with van der Waals surface area (Å²) in [5.74, 6) is 0. The summed E-state index contributed by atoms with van der Waals surface area (Å²) in [6.45, 7) is 0. The van der Waals surface area contributed by atoms with Crippen molar-refractivity contribution in [3.05, 3.63) is 19.7 Å². The molecule has 0 aromatic carbocycles. The second kappa shape index (κ2) is 3.12. The van der Waals surface area contributed by atoms with Gasteiger partial charge in [-0.25, -0.2) is 9.97 Å². The van der Waals surface area contributed by atoms with Gasteiger partial charge in [0.15, 0.2) is 4.73 Å². The summed E-state index contributed by atoms with van der Waals surface area (Å²) in [4.78, 5) is 7.69. The smallest absolute Gasteiger partial charge is 0.198 e. The van der Waals surface area contributed by atoms with E-state index in [1.807, 2.05) is 0 Å². The molecule has 0 aliphatic heterocycles. The summed E-state index contributed by atoms with van der Waals surface area (Å²) < 4.78 is 1.38. The van der Waals surface area contributed by atoms with E-state index in [4.69, 9.17) is 11.6 Å². The van der Waals surface area contributed by atoms with Gasteiger partial charge in [0.05, 0.1) is 3.57 Å². The van der Waals surface area contributed by atoms with Crippen molar-refractivity contribution in [3.63, 3.8) is 0 Å². The predicted molar refractivity (Wildman–Crippen MR) is 47.5 cm³/mol. The van der Waals surface area contributed by atoms with Crippen molar-refractivity contribution in [1.29, 1.82) is 0 Å². The van der Waals surface area contributed by atoms with Crippen molar-refractivity contribution in [2.75, 3.05) is 0 Å². The van der Waals surface area contributed by atoms with Crippen molar-refractivity contribution < 1.29 is 0 Å². The van der Waals surface area contributed by atoms with Crippen molar-refractivity contribution in [2.24, 2.45) is 0 Å². The molecule has 1 rings (SSSR count). The predicted octanol–water partition coefficient (Wildman–Crippen LogP) is 2.50. The maximum Gasteiger partial charge on any atom is 0.198 e. The SMILES string of the molecule is Clc1nc(Br)ncc1I. The zero-order chi connectivity index (χ0) is 6.85. The first-order valence-electron chi connectivity index (χ1n) is 2.03. The summed E-state index contributed by atoms with van der Waals surface area (Å²) >= 11 is 10.8. The molecule has 0 saturated carbocycles. The third-order valence-corrected chi connectivity index (χ3v) is 2.45. The van der Waals surface area contributed by atoms with Crippen LogP contribution in [0.4, 0.5) is 0 Å². The molecule has 0 spiro atoms. The van der Waals surface area contributed by atoms with E-state index in [0.717, 1.165) is 3.57 Å². The number of rotatable bonds is 0. The van der Waals surface area contributed by atoms with Gasteiger partial charge in [0, 0.05) is 6.20 Å². The van der Waals surface area contributed by atoms with Crippen LogP contribution in [-0.4, -0.2) is 9.97 Å². The number of hydrogen-bond donors (Lipinski definition) is 0. The fourth-order valence-corrected chi connectivity index (χ4v) is 1.10. The van der Waals surface area contributed by atoms with Crippen LogP contribution >= 0.6 is 50.1 Å². The molecular weight excluding hydrogens is 318 g/mol. The first-order chi connectivity index (χ1) is 4.20. The molecule has 5 heteroatoms. The van der Waals surface area contributed by atoms with Gasteiger partial charge in [-0.1, -0.05) is 11.6 Å². The van der Waals surface area contributed by atoms with Crippen LogP contribution in [-0.2, 0) is 0 Å². The molecule has 0 fully saturated rings. The molecule has 2 nitrogen and oxygen atoms in total. The van der Waals surface area contributed by atoms with Crippen LogP contribution in [0.3, 0.4) is 0 Å². The van der Waals surface area contributed by atoms with Gasteiger partial charge in [0.2, 0.25) is 0 Å². The fraction of sp³-hybridized carbons (Fsp3) is 0. The summed E-state index contributed by atoms with van der Waals surface area (Å²) in [5, 5.41) is 0.484. The van der Waals surface area contributed by atoms with Crippen LogP contribution < -0.4 is 0 Å². The molecular formula is C4HBrClIN2. The zero-order valence-electron chi connectivity index (χ0n) is 4.11. The zero-order valence-corrected chi connectivity index (χ0v) is 8.61. The lowest BCUT2D eigenvalue weighted by molar-refractivity contribution is 1.10. The third kappa shape index (κ3) is 2.01. The molecule has 9 heavy (non-hydrogen) atoms. The molecule has 1 aromatic heterocycles. The number of hydrogen-bond acceptors (Lipinski definition) is 2. The Kier molecular flexibility index (Phi) is 2.66. The lowest BCUT2D eigenvalue weighted by atomic mass is 10.7. The molecule has 48 valence electrons. The summed E-state index contributed by atoms with van der Waals surface area (Å²) in [6, 6.07) is 0. The van der Waals surface area contributed by atoms with Crippen molar-refractivity contribution in [3.8, 4) is 0 Å². The van der Waals surface area contributed by atoms with E-state index >= 15 is 0 Å². The van der Waals surface area contributed by atoms with E-state index in [1.165, 1.54) is 0 Å². The second-order valence-corrected chi connectivity index (χ2v) is 3.51. The molecule has 0 bridgehead atoms. The van der Waals surface area contributed by atoms with Crippen LogP contribution in [0.5, 0.6) is 0 Å². The van der Waals surface area contributed by atoms with Crippen molar-refractivity contribution >= 4 is 50.1 Å². The topological polar surface area (TPSA) is 25.8 Å². The molecule has 0 aliphatic carbocycles. The molecule has 0 N–H and O–H groups in total. The molecule has 0 saturated heterocycles. The van der Waals surface area contributed by atoms with E-state index in [0.29, 0.717) is 9.89 Å². The van der Waals surface area contributed by atoms with Gasteiger partial charge in [-0.15, -0.1) is 0 Å². The van der Waals surface area contributed by atoms with Crippen LogP contribution in [0.25, 0.3) is 0 Å². The minimum atomic E-state index is 0.484. The maximum atomic E-state index is 5.63. The molecule has 0 atom stereocenters. The average Bonchev–Trinajstić information content (AvgIpc) is 1.80. The summed E-state index contributed by atoms with van der Waals surface area (Å²) in [5.41, 5.74) is 0. The van der Waals surface area contributed by atoms with Gasteiger partial charge in [-0.2, -0.15) is 0 Å². The van der Waals surface area contributed by atoms with E-state index in [2.05, 4.69) is 48.5 Å². The van der Waals surface area contributed by atoms with E-state index < -0.39 is 0 Å².